The van der Waals surface area contributed by atoms with E-state index < -0.39 is 23.2 Å². The van der Waals surface area contributed by atoms with Crippen molar-refractivity contribution in [3.05, 3.63) is 0 Å². The molecule has 0 spiro atoms. The van der Waals surface area contributed by atoms with Crippen LogP contribution in [-0.4, -0.2) is 65.0 Å². The Balaban J connectivity index is 1.48. The van der Waals surface area contributed by atoms with Gasteiger partial charge in [0.05, 0.1) is 11.8 Å². The first-order valence-corrected chi connectivity index (χ1v) is 9.39. The van der Waals surface area contributed by atoms with Crippen LogP contribution >= 0.6 is 0 Å². The number of carboxylic acids is 1. The summed E-state index contributed by atoms with van der Waals surface area (Å²) in [5.41, 5.74) is -0.474. The summed E-state index contributed by atoms with van der Waals surface area (Å²) in [6.45, 7) is 5.65. The zero-order valence-corrected chi connectivity index (χ0v) is 15.2. The average Bonchev–Trinajstić information content (AvgIpc) is 3.18. The predicted molar refractivity (Wildman–Crippen MR) is 92.0 cm³/mol. The lowest BCUT2D eigenvalue weighted by molar-refractivity contribution is -0.142. The average molecular weight is 351 g/mol. The molecule has 1 saturated heterocycles. The fourth-order valence-electron chi connectivity index (χ4n) is 4.40. The summed E-state index contributed by atoms with van der Waals surface area (Å²) in [5.74, 6) is -2.00. The number of urea groups is 1. The Morgan fingerprint density at radius 1 is 0.920 bits per heavy atom. The first-order chi connectivity index (χ1) is 11.8. The van der Waals surface area contributed by atoms with Gasteiger partial charge in [-0.15, -0.1) is 0 Å². The van der Waals surface area contributed by atoms with Gasteiger partial charge in [0.15, 0.2) is 0 Å². The van der Waals surface area contributed by atoms with E-state index >= 15 is 0 Å². The molecule has 0 aromatic heterocycles. The van der Waals surface area contributed by atoms with Gasteiger partial charge in [-0.3, -0.25) is 9.59 Å². The van der Waals surface area contributed by atoms with E-state index in [9.17, 15) is 19.5 Å². The highest BCUT2D eigenvalue weighted by molar-refractivity contribution is 5.91. The Kier molecular flexibility index (Phi) is 4.93. The number of nitrogens with zero attached hydrogens (tertiary/aromatic N) is 2. The number of piperazine rings is 1. The molecule has 25 heavy (non-hydrogen) atoms. The van der Waals surface area contributed by atoms with E-state index in [2.05, 4.69) is 5.32 Å². The summed E-state index contributed by atoms with van der Waals surface area (Å²) in [4.78, 5) is 39.8. The molecule has 0 unspecified atom stereocenters. The van der Waals surface area contributed by atoms with Gasteiger partial charge in [0, 0.05) is 32.2 Å². The zero-order chi connectivity index (χ0) is 18.2. The number of hydrogen-bond donors (Lipinski definition) is 2. The predicted octanol–water partition coefficient (Wildman–Crippen LogP) is 1.53. The highest BCUT2D eigenvalue weighted by Crippen LogP contribution is 2.59. The molecule has 1 heterocycles. The molecule has 1 aliphatic heterocycles. The molecule has 3 aliphatic rings. The van der Waals surface area contributed by atoms with Gasteiger partial charge in [-0.05, 0) is 18.3 Å². The summed E-state index contributed by atoms with van der Waals surface area (Å²) in [6, 6.07) is 0.249. The number of carbonyl (C=O) groups is 3. The molecule has 0 aromatic rings. The van der Waals surface area contributed by atoms with Crippen molar-refractivity contribution in [2.75, 3.05) is 26.2 Å². The summed E-state index contributed by atoms with van der Waals surface area (Å²) in [5, 5.41) is 12.4. The van der Waals surface area contributed by atoms with Crippen LogP contribution in [0.25, 0.3) is 0 Å². The van der Waals surface area contributed by atoms with Gasteiger partial charge in [-0.25, -0.2) is 4.79 Å². The molecule has 7 nitrogen and oxygen atoms in total. The third-order valence-corrected chi connectivity index (χ3v) is 6.17. The van der Waals surface area contributed by atoms with Crippen LogP contribution in [0.1, 0.15) is 46.0 Å². The van der Waals surface area contributed by atoms with Gasteiger partial charge in [0.2, 0.25) is 5.91 Å². The SMILES string of the molecule is CC1(C)[C@H](C(=O)O)[C@@H]1C(=O)N1CCN(C(=O)NC2CCCCC2)CC1. The minimum atomic E-state index is -0.895. The molecule has 0 bridgehead atoms. The van der Waals surface area contributed by atoms with Crippen molar-refractivity contribution in [3.8, 4) is 0 Å². The van der Waals surface area contributed by atoms with Crippen LogP contribution in [0.15, 0.2) is 0 Å². The van der Waals surface area contributed by atoms with Crippen molar-refractivity contribution >= 4 is 17.9 Å². The summed E-state index contributed by atoms with van der Waals surface area (Å²) < 4.78 is 0. The van der Waals surface area contributed by atoms with Crippen molar-refractivity contribution in [3.63, 3.8) is 0 Å². The van der Waals surface area contributed by atoms with Crippen molar-refractivity contribution in [2.24, 2.45) is 17.3 Å². The van der Waals surface area contributed by atoms with E-state index in [1.807, 2.05) is 13.8 Å². The second-order valence-electron chi connectivity index (χ2n) is 8.21. The fraction of sp³-hybridized carbons (Fsp3) is 0.833. The van der Waals surface area contributed by atoms with E-state index in [1.165, 1.54) is 19.3 Å². The molecule has 3 rings (SSSR count). The standard InChI is InChI=1S/C18H29N3O4/c1-18(2)13(14(18)16(23)24)15(22)20-8-10-21(11-9-20)17(25)19-12-6-4-3-5-7-12/h12-14H,3-11H2,1-2H3,(H,19,25)(H,23,24)/t13-,14+/m1/s1. The lowest BCUT2D eigenvalue weighted by atomic mass is 9.96. The van der Waals surface area contributed by atoms with Gasteiger partial charge in [-0.1, -0.05) is 33.1 Å². The van der Waals surface area contributed by atoms with Crippen molar-refractivity contribution < 1.29 is 19.5 Å². The Hall–Kier alpha value is -1.79. The summed E-state index contributed by atoms with van der Waals surface area (Å²) >= 11 is 0. The third-order valence-electron chi connectivity index (χ3n) is 6.17. The Morgan fingerprint density at radius 3 is 2.00 bits per heavy atom. The molecule has 140 valence electrons. The zero-order valence-electron chi connectivity index (χ0n) is 15.2. The lowest BCUT2D eigenvalue weighted by Gasteiger charge is -2.36. The van der Waals surface area contributed by atoms with Crippen molar-refractivity contribution in [2.45, 2.75) is 52.0 Å². The fourth-order valence-corrected chi connectivity index (χ4v) is 4.40. The van der Waals surface area contributed by atoms with Crippen LogP contribution in [0.5, 0.6) is 0 Å². The Morgan fingerprint density at radius 2 is 1.48 bits per heavy atom. The van der Waals surface area contributed by atoms with Gasteiger partial charge >= 0.3 is 12.0 Å². The van der Waals surface area contributed by atoms with Crippen LogP contribution in [0, 0.1) is 17.3 Å². The first-order valence-electron chi connectivity index (χ1n) is 9.39. The second-order valence-corrected chi connectivity index (χ2v) is 8.21. The van der Waals surface area contributed by atoms with Gasteiger partial charge in [0.1, 0.15) is 0 Å². The van der Waals surface area contributed by atoms with Gasteiger partial charge < -0.3 is 20.2 Å². The number of amides is 3. The minimum absolute atomic E-state index is 0.0332. The van der Waals surface area contributed by atoms with Gasteiger partial charge in [-0.2, -0.15) is 0 Å². The highest BCUT2D eigenvalue weighted by Gasteiger charge is 2.66. The Labute approximate surface area is 148 Å². The molecule has 2 N–H and O–H groups in total. The van der Waals surface area contributed by atoms with E-state index in [1.54, 1.807) is 9.80 Å². The summed E-state index contributed by atoms with van der Waals surface area (Å²) in [7, 11) is 0. The lowest BCUT2D eigenvalue weighted by Crippen LogP contribution is -2.55. The molecule has 7 heteroatoms. The maximum atomic E-state index is 12.6. The smallest absolute Gasteiger partial charge is 0.317 e. The van der Waals surface area contributed by atoms with Crippen LogP contribution in [0.2, 0.25) is 0 Å². The maximum Gasteiger partial charge on any atom is 0.317 e. The maximum absolute atomic E-state index is 12.6. The van der Waals surface area contributed by atoms with Crippen molar-refractivity contribution in [1.82, 2.24) is 15.1 Å². The van der Waals surface area contributed by atoms with E-state index in [4.69, 9.17) is 0 Å². The second kappa shape index (κ2) is 6.84. The molecule has 3 fully saturated rings. The van der Waals surface area contributed by atoms with E-state index in [-0.39, 0.29) is 18.0 Å². The number of carbonyl (C=O) groups excluding carboxylic acids is 2. The molecule has 2 saturated carbocycles. The number of hydrogen-bond acceptors (Lipinski definition) is 3. The molecule has 0 radical (unpaired) electrons. The number of carboxylic acid groups (broad SMARTS) is 1. The molecular weight excluding hydrogens is 322 g/mol. The normalized spacial score (nSPS) is 29.2. The summed E-state index contributed by atoms with van der Waals surface area (Å²) in [6.07, 6.45) is 5.71. The highest BCUT2D eigenvalue weighted by atomic mass is 16.4. The van der Waals surface area contributed by atoms with Crippen LogP contribution in [0.3, 0.4) is 0 Å². The molecule has 0 aromatic carbocycles. The first kappa shape index (κ1) is 18.0. The number of nitrogens with one attached hydrogen (secondary N) is 1. The molecular formula is C18H29N3O4. The third kappa shape index (κ3) is 3.60. The number of aliphatic carboxylic acids is 1. The molecule has 3 amide bonds. The van der Waals surface area contributed by atoms with Crippen LogP contribution in [-0.2, 0) is 9.59 Å². The number of rotatable bonds is 3. The topological polar surface area (TPSA) is 90.0 Å². The quantitative estimate of drug-likeness (QED) is 0.807. The largest absolute Gasteiger partial charge is 0.481 e. The van der Waals surface area contributed by atoms with E-state index in [0.717, 1.165) is 12.8 Å². The minimum Gasteiger partial charge on any atom is -0.481 e. The molecule has 2 atom stereocenters. The molecule has 2 aliphatic carbocycles. The van der Waals surface area contributed by atoms with Crippen LogP contribution < -0.4 is 5.32 Å². The monoisotopic (exact) mass is 351 g/mol. The Bertz CT molecular complexity index is 549. The van der Waals surface area contributed by atoms with Gasteiger partial charge in [0.25, 0.3) is 0 Å². The van der Waals surface area contributed by atoms with E-state index in [0.29, 0.717) is 26.2 Å². The van der Waals surface area contributed by atoms with Crippen LogP contribution in [0.4, 0.5) is 4.79 Å². The van der Waals surface area contributed by atoms with Crippen molar-refractivity contribution in [1.29, 1.82) is 0 Å².